The minimum absolute atomic E-state index is 0.0876. The van der Waals surface area contributed by atoms with Gasteiger partial charge in [-0.2, -0.15) is 0 Å². The quantitative estimate of drug-likeness (QED) is 0.632. The molecule has 2 aromatic carbocycles. The Balaban J connectivity index is 2.13. The maximum Gasteiger partial charge on any atom is 0.271 e. The molecule has 0 bridgehead atoms. The van der Waals surface area contributed by atoms with Crippen LogP contribution < -0.4 is 5.32 Å². The molecular formula is C13H9BrClFN2O2. The van der Waals surface area contributed by atoms with Crippen LogP contribution >= 0.6 is 27.5 Å². The van der Waals surface area contributed by atoms with E-state index >= 15 is 0 Å². The Morgan fingerprint density at radius 2 is 2.05 bits per heavy atom. The van der Waals surface area contributed by atoms with Gasteiger partial charge in [-0.15, -0.1) is 0 Å². The molecule has 2 aromatic rings. The van der Waals surface area contributed by atoms with Gasteiger partial charge in [-0.1, -0.05) is 33.6 Å². The molecule has 7 heteroatoms. The fourth-order valence-corrected chi connectivity index (χ4v) is 2.19. The maximum atomic E-state index is 13.6. The predicted octanol–water partition coefficient (Wildman–Crippen LogP) is 4.76. The first-order valence-corrected chi connectivity index (χ1v) is 6.76. The second-order valence-corrected chi connectivity index (χ2v) is 5.33. The Bertz CT molecular complexity index is 667. The molecule has 0 aliphatic carbocycles. The molecule has 0 unspecified atom stereocenters. The molecule has 0 aliphatic heterocycles. The molecule has 0 atom stereocenters. The molecule has 20 heavy (non-hydrogen) atoms. The average molecular weight is 360 g/mol. The van der Waals surface area contributed by atoms with Gasteiger partial charge in [-0.25, -0.2) is 4.39 Å². The molecule has 0 saturated heterocycles. The lowest BCUT2D eigenvalue weighted by atomic mass is 10.2. The summed E-state index contributed by atoms with van der Waals surface area (Å²) < 4.78 is 14.3. The number of hydrogen-bond acceptors (Lipinski definition) is 3. The predicted molar refractivity (Wildman–Crippen MR) is 79.5 cm³/mol. The van der Waals surface area contributed by atoms with Crippen molar-refractivity contribution in [3.05, 3.63) is 67.4 Å². The van der Waals surface area contributed by atoms with Gasteiger partial charge in [0.2, 0.25) is 0 Å². The lowest BCUT2D eigenvalue weighted by Gasteiger charge is -2.09. The smallest absolute Gasteiger partial charge is 0.271 e. The van der Waals surface area contributed by atoms with Gasteiger partial charge in [0.05, 0.1) is 15.6 Å². The molecule has 0 heterocycles. The number of hydrogen-bond donors (Lipinski definition) is 1. The van der Waals surface area contributed by atoms with Gasteiger partial charge in [0, 0.05) is 28.7 Å². The third kappa shape index (κ3) is 3.46. The molecule has 104 valence electrons. The van der Waals surface area contributed by atoms with Crippen LogP contribution in [0, 0.1) is 15.9 Å². The van der Waals surface area contributed by atoms with Gasteiger partial charge in [-0.3, -0.25) is 10.1 Å². The summed E-state index contributed by atoms with van der Waals surface area (Å²) in [5.74, 6) is -0.343. The van der Waals surface area contributed by atoms with Crippen LogP contribution in [0.5, 0.6) is 0 Å². The summed E-state index contributed by atoms with van der Waals surface area (Å²) in [6.45, 7) is 0.233. The van der Waals surface area contributed by atoms with Crippen LogP contribution in [-0.2, 0) is 6.54 Å². The van der Waals surface area contributed by atoms with Gasteiger partial charge in [-0.05, 0) is 18.2 Å². The Hall–Kier alpha value is -1.66. The van der Waals surface area contributed by atoms with Crippen molar-refractivity contribution in [3.8, 4) is 0 Å². The molecular weight excluding hydrogens is 351 g/mol. The van der Waals surface area contributed by atoms with Gasteiger partial charge < -0.3 is 5.32 Å². The van der Waals surface area contributed by atoms with E-state index in [-0.39, 0.29) is 23.1 Å². The van der Waals surface area contributed by atoms with Gasteiger partial charge in [0.25, 0.3) is 5.69 Å². The van der Waals surface area contributed by atoms with Crippen LogP contribution in [0.1, 0.15) is 5.56 Å². The lowest BCUT2D eigenvalue weighted by molar-refractivity contribution is -0.384. The van der Waals surface area contributed by atoms with E-state index in [0.717, 1.165) is 0 Å². The van der Waals surface area contributed by atoms with Crippen molar-refractivity contribution in [1.82, 2.24) is 0 Å². The molecule has 0 saturated carbocycles. The van der Waals surface area contributed by atoms with Crippen molar-refractivity contribution < 1.29 is 9.31 Å². The van der Waals surface area contributed by atoms with E-state index in [1.807, 2.05) is 0 Å². The summed E-state index contributed by atoms with van der Waals surface area (Å²) in [6.07, 6.45) is 0. The second-order valence-electron chi connectivity index (χ2n) is 4.01. The zero-order valence-corrected chi connectivity index (χ0v) is 12.4. The first-order chi connectivity index (χ1) is 9.47. The van der Waals surface area contributed by atoms with E-state index in [9.17, 15) is 14.5 Å². The lowest BCUT2D eigenvalue weighted by Crippen LogP contribution is -2.02. The van der Waals surface area contributed by atoms with E-state index in [1.165, 1.54) is 24.3 Å². The minimum atomic E-state index is -0.524. The topological polar surface area (TPSA) is 55.2 Å². The van der Waals surface area contributed by atoms with E-state index in [1.54, 1.807) is 12.1 Å². The highest BCUT2D eigenvalue weighted by Crippen LogP contribution is 2.27. The van der Waals surface area contributed by atoms with Crippen molar-refractivity contribution in [2.24, 2.45) is 0 Å². The van der Waals surface area contributed by atoms with Gasteiger partial charge in [0.15, 0.2) is 0 Å². The molecule has 0 amide bonds. The minimum Gasteiger partial charge on any atom is -0.380 e. The molecule has 0 aromatic heterocycles. The van der Waals surface area contributed by atoms with Crippen LogP contribution in [-0.4, -0.2) is 4.92 Å². The molecule has 2 rings (SSSR count). The summed E-state index contributed by atoms with van der Waals surface area (Å²) >= 11 is 9.12. The number of rotatable bonds is 4. The normalized spacial score (nSPS) is 10.3. The van der Waals surface area contributed by atoms with Crippen LogP contribution in [0.3, 0.4) is 0 Å². The maximum absolute atomic E-state index is 13.6. The zero-order valence-electron chi connectivity index (χ0n) is 10.1. The first-order valence-electron chi connectivity index (χ1n) is 5.59. The number of halogens is 3. The summed E-state index contributed by atoms with van der Waals surface area (Å²) in [6, 6.07) is 8.84. The highest BCUT2D eigenvalue weighted by molar-refractivity contribution is 9.10. The van der Waals surface area contributed by atoms with Crippen molar-refractivity contribution >= 4 is 38.9 Å². The van der Waals surface area contributed by atoms with Crippen LogP contribution in [0.4, 0.5) is 15.8 Å². The molecule has 0 aliphatic rings. The van der Waals surface area contributed by atoms with E-state index in [2.05, 4.69) is 21.2 Å². The van der Waals surface area contributed by atoms with Crippen molar-refractivity contribution in [1.29, 1.82) is 0 Å². The van der Waals surface area contributed by atoms with Crippen LogP contribution in [0.15, 0.2) is 40.9 Å². The molecule has 1 N–H and O–H groups in total. The molecule has 4 nitrogen and oxygen atoms in total. The van der Waals surface area contributed by atoms with E-state index in [4.69, 9.17) is 11.6 Å². The monoisotopic (exact) mass is 358 g/mol. The summed E-state index contributed by atoms with van der Waals surface area (Å²) in [5.41, 5.74) is 0.901. The Morgan fingerprint density at radius 3 is 2.65 bits per heavy atom. The summed E-state index contributed by atoms with van der Waals surface area (Å²) in [7, 11) is 0. The number of anilines is 1. The number of nitro groups is 1. The SMILES string of the molecule is O=[N+]([O-])c1ccc(NCc2ccc(Br)cc2F)c(Cl)c1. The highest BCUT2D eigenvalue weighted by atomic mass is 79.9. The number of nitrogens with zero attached hydrogens (tertiary/aromatic N) is 1. The molecule has 0 spiro atoms. The van der Waals surface area contributed by atoms with Gasteiger partial charge in [0.1, 0.15) is 5.82 Å². The summed E-state index contributed by atoms with van der Waals surface area (Å²) in [4.78, 5) is 10.1. The van der Waals surface area contributed by atoms with Crippen molar-refractivity contribution in [3.63, 3.8) is 0 Å². The molecule has 0 radical (unpaired) electrons. The third-order valence-electron chi connectivity index (χ3n) is 2.65. The van der Waals surface area contributed by atoms with E-state index < -0.39 is 4.92 Å². The van der Waals surface area contributed by atoms with Crippen LogP contribution in [0.2, 0.25) is 5.02 Å². The number of benzene rings is 2. The second kappa shape index (κ2) is 6.19. The number of non-ortho nitro benzene ring substituents is 1. The van der Waals surface area contributed by atoms with Crippen molar-refractivity contribution in [2.75, 3.05) is 5.32 Å². The standard InChI is InChI=1S/C13H9BrClFN2O2/c14-9-2-1-8(12(16)5-9)7-17-13-4-3-10(18(19)20)6-11(13)15/h1-6,17H,7H2. The summed E-state index contributed by atoms with van der Waals surface area (Å²) in [5, 5.41) is 13.8. The van der Waals surface area contributed by atoms with Crippen LogP contribution in [0.25, 0.3) is 0 Å². The first kappa shape index (κ1) is 14.7. The Labute approximate surface area is 127 Å². The average Bonchev–Trinajstić information content (AvgIpc) is 2.38. The fourth-order valence-electron chi connectivity index (χ4n) is 1.62. The number of nitrogens with one attached hydrogen (secondary N) is 1. The number of nitro benzene ring substituents is 1. The Morgan fingerprint density at radius 1 is 1.30 bits per heavy atom. The van der Waals surface area contributed by atoms with Crippen molar-refractivity contribution in [2.45, 2.75) is 6.54 Å². The van der Waals surface area contributed by atoms with E-state index in [0.29, 0.717) is 15.7 Å². The Kier molecular flexibility index (Phi) is 4.57. The third-order valence-corrected chi connectivity index (χ3v) is 3.45. The highest BCUT2D eigenvalue weighted by Gasteiger charge is 2.10. The fraction of sp³-hybridized carbons (Fsp3) is 0.0769. The van der Waals surface area contributed by atoms with Gasteiger partial charge >= 0.3 is 0 Å². The largest absolute Gasteiger partial charge is 0.380 e. The zero-order chi connectivity index (χ0) is 14.7. The molecule has 0 fully saturated rings.